The van der Waals surface area contributed by atoms with E-state index in [0.29, 0.717) is 0 Å². The Labute approximate surface area is 375 Å². The molecule has 0 bridgehead atoms. The first kappa shape index (κ1) is 45.1. The van der Waals surface area contributed by atoms with Crippen LogP contribution in [-0.2, 0) is 15.6 Å². The zero-order valence-electron chi connectivity index (χ0n) is 38.3. The summed E-state index contributed by atoms with van der Waals surface area (Å²) >= 11 is -5.08. The van der Waals surface area contributed by atoms with Gasteiger partial charge in [-0.15, -0.1) is 0 Å². The Hall–Kier alpha value is -1.53. The molecular formula is C54H73Cl2Si3Zr. The van der Waals surface area contributed by atoms with Crippen LogP contribution >= 0.6 is 17.0 Å². The van der Waals surface area contributed by atoms with E-state index in [0.717, 1.165) is 31.1 Å². The van der Waals surface area contributed by atoms with E-state index in [-0.39, 0.29) is 7.25 Å². The average Bonchev–Trinajstić information content (AvgIpc) is 3.80. The van der Waals surface area contributed by atoms with Gasteiger partial charge in [-0.25, -0.2) is 0 Å². The van der Waals surface area contributed by atoms with Gasteiger partial charge in [0.25, 0.3) is 0 Å². The van der Waals surface area contributed by atoms with E-state index in [9.17, 15) is 17.0 Å². The topological polar surface area (TPSA) is 0 Å². The Morgan fingerprint density at radius 1 is 0.550 bits per heavy atom. The van der Waals surface area contributed by atoms with Crippen molar-refractivity contribution in [3.05, 3.63) is 118 Å². The maximum absolute atomic E-state index is 9.32. The Kier molecular flexibility index (Phi) is 13.4. The van der Waals surface area contributed by atoms with Crippen molar-refractivity contribution in [1.29, 1.82) is 0 Å². The van der Waals surface area contributed by atoms with E-state index in [1.807, 2.05) is 0 Å². The summed E-state index contributed by atoms with van der Waals surface area (Å²) in [4.78, 5) is 0. The van der Waals surface area contributed by atoms with Crippen LogP contribution in [0.3, 0.4) is 0 Å². The van der Waals surface area contributed by atoms with Crippen LogP contribution in [0.15, 0.2) is 96.1 Å². The third-order valence-corrected chi connectivity index (χ3v) is 70.3. The fourth-order valence-corrected chi connectivity index (χ4v) is 55.8. The van der Waals surface area contributed by atoms with Crippen molar-refractivity contribution in [2.24, 2.45) is 11.8 Å². The summed E-state index contributed by atoms with van der Waals surface area (Å²) in [5, 5.41) is 3.03. The van der Waals surface area contributed by atoms with Crippen LogP contribution in [0.5, 0.6) is 0 Å². The van der Waals surface area contributed by atoms with Gasteiger partial charge in [0.1, 0.15) is 0 Å². The van der Waals surface area contributed by atoms with E-state index in [1.54, 1.807) is 11.1 Å². The number of rotatable bonds is 13. The van der Waals surface area contributed by atoms with Crippen LogP contribution in [0, 0.1) is 11.8 Å². The Bertz CT molecular complexity index is 2080. The molecule has 8 rings (SSSR count). The molecule has 0 radical (unpaired) electrons. The summed E-state index contributed by atoms with van der Waals surface area (Å²) in [6.07, 6.45) is 22.3. The van der Waals surface area contributed by atoms with E-state index in [1.165, 1.54) is 125 Å². The Morgan fingerprint density at radius 3 is 1.28 bits per heavy atom. The van der Waals surface area contributed by atoms with E-state index >= 15 is 0 Å². The van der Waals surface area contributed by atoms with E-state index < -0.39 is 37.6 Å². The van der Waals surface area contributed by atoms with Crippen LogP contribution in [0.1, 0.15) is 120 Å². The average molecular weight is 969 g/mol. The van der Waals surface area contributed by atoms with Crippen molar-refractivity contribution in [2.45, 2.75) is 150 Å². The van der Waals surface area contributed by atoms with Gasteiger partial charge in [0.2, 0.25) is 0 Å². The molecule has 0 N–H and O–H groups in total. The summed E-state index contributed by atoms with van der Waals surface area (Å²) in [7, 11) is 15.8. The summed E-state index contributed by atoms with van der Waals surface area (Å²) in [6, 6.07) is 34.9. The molecule has 0 heterocycles. The van der Waals surface area contributed by atoms with Gasteiger partial charge in [-0.1, -0.05) is 0 Å². The zero-order chi connectivity index (χ0) is 42.5. The van der Waals surface area contributed by atoms with Crippen LogP contribution in [0.25, 0.3) is 34.4 Å². The van der Waals surface area contributed by atoms with E-state index in [2.05, 4.69) is 150 Å². The number of halogens is 2. The van der Waals surface area contributed by atoms with Gasteiger partial charge in [-0.05, 0) is 0 Å². The Morgan fingerprint density at radius 2 is 0.933 bits per heavy atom. The van der Waals surface area contributed by atoms with Gasteiger partial charge in [0, 0.05) is 0 Å². The number of benzene rings is 4. The molecule has 6 heteroatoms. The van der Waals surface area contributed by atoms with Crippen molar-refractivity contribution in [1.82, 2.24) is 0 Å². The molecule has 2 fully saturated rings. The molecule has 0 amide bonds. The van der Waals surface area contributed by atoms with Gasteiger partial charge in [0.15, 0.2) is 0 Å². The van der Waals surface area contributed by atoms with E-state index in [4.69, 9.17) is 0 Å². The summed E-state index contributed by atoms with van der Waals surface area (Å²) in [5.74, 6) is -0.287. The molecule has 4 aromatic carbocycles. The quantitative estimate of drug-likeness (QED) is 0.117. The predicted octanol–water partition coefficient (Wildman–Crippen LogP) is 16.4. The molecule has 2 saturated carbocycles. The second-order valence-electron chi connectivity index (χ2n) is 21.9. The number of hydrogen-bond donors (Lipinski definition) is 0. The minimum atomic E-state index is -5.08. The molecule has 3 unspecified atom stereocenters. The number of fused-ring (bicyclic) bond motifs is 2. The monoisotopic (exact) mass is 965 g/mol. The molecule has 60 heavy (non-hydrogen) atoms. The SMILES string of the molecule is CCC[SiH](C)[Zr]([Cl])([Cl])([CH]1C(CC2CCCCC2)=Cc2c(-c3ccc([Si](C)(C)C)cc3)cccc21)[CH]1C(CC2CCCCC2)=Cc2c(-c3ccc([Si](C)(C)C)cc3)cccc21. The Balaban J connectivity index is 1.33. The predicted molar refractivity (Wildman–Crippen MR) is 273 cm³/mol. The minimum absolute atomic E-state index is 0.145. The number of hydrogen-bond acceptors (Lipinski definition) is 0. The molecular weight excluding hydrogens is 895 g/mol. The molecule has 0 spiro atoms. The van der Waals surface area contributed by atoms with Crippen molar-refractivity contribution < 1.29 is 15.6 Å². The summed E-state index contributed by atoms with van der Waals surface area (Å²) in [6.45, 7) is 19.7. The first-order valence-corrected chi connectivity index (χ1v) is 47.0. The second-order valence-corrected chi connectivity index (χ2v) is 73.4. The normalized spacial score (nSPS) is 21.5. The van der Waals surface area contributed by atoms with Crippen LogP contribution in [0.2, 0.25) is 51.9 Å². The maximum atomic E-state index is 9.32. The molecule has 0 aliphatic heterocycles. The summed E-state index contributed by atoms with van der Waals surface area (Å²) in [5.41, 5.74) is 14.3. The van der Waals surface area contributed by atoms with Gasteiger partial charge < -0.3 is 0 Å². The van der Waals surface area contributed by atoms with Gasteiger partial charge in [-0.3, -0.25) is 0 Å². The van der Waals surface area contributed by atoms with Crippen LogP contribution < -0.4 is 10.4 Å². The van der Waals surface area contributed by atoms with Gasteiger partial charge in [0.05, 0.1) is 0 Å². The molecule has 4 aliphatic carbocycles. The first-order valence-electron chi connectivity index (χ1n) is 24.0. The standard InChI is InChI=1S/2C25H31Si.C4H11Si.2ClH.Zr/c2*1-26(2,3)23-14-12-21(13-15-23)24-11-7-10-22-17-20(18-25(22)24)16-19-8-5-4-6-9-19;1-3-4-5-2;;;/h2*7,10-15,17-19H,4-6,8-9,16H2,1-3H3;5H,3-4H2,1-2H3;2*1H;/q;;;;;+2/p-2. The fraction of sp³-hybridized carbons (Fsp3) is 0.481. The molecule has 3 atom stereocenters. The summed E-state index contributed by atoms with van der Waals surface area (Å²) < 4.78 is 0.290. The van der Waals surface area contributed by atoms with Crippen molar-refractivity contribution in [3.63, 3.8) is 0 Å². The molecule has 4 aliphatic rings. The fourth-order valence-electron chi connectivity index (χ4n) is 12.3. The molecule has 319 valence electrons. The second kappa shape index (κ2) is 17.8. The van der Waals surface area contributed by atoms with Crippen molar-refractivity contribution >= 4 is 61.6 Å². The zero-order valence-corrected chi connectivity index (χ0v) is 45.4. The molecule has 0 aromatic heterocycles. The van der Waals surface area contributed by atoms with Crippen molar-refractivity contribution in [3.8, 4) is 22.3 Å². The van der Waals surface area contributed by atoms with Crippen LogP contribution in [-0.4, -0.2) is 22.1 Å². The molecule has 0 saturated heterocycles. The van der Waals surface area contributed by atoms with Gasteiger partial charge >= 0.3 is 379 Å². The van der Waals surface area contributed by atoms with Crippen molar-refractivity contribution in [2.75, 3.05) is 0 Å². The third kappa shape index (κ3) is 8.68. The first-order chi connectivity index (χ1) is 28.6. The number of allylic oxidation sites excluding steroid dienone is 2. The third-order valence-electron chi connectivity index (χ3n) is 15.7. The van der Waals surface area contributed by atoms with Gasteiger partial charge in [-0.2, -0.15) is 0 Å². The molecule has 0 nitrogen and oxygen atoms in total. The van der Waals surface area contributed by atoms with Crippen LogP contribution in [0.4, 0.5) is 0 Å². The molecule has 4 aromatic rings.